The van der Waals surface area contributed by atoms with Crippen LogP contribution in [0.2, 0.25) is 0 Å². The summed E-state index contributed by atoms with van der Waals surface area (Å²) in [5.74, 6) is -0.0459. The normalized spacial score (nSPS) is 17.6. The first-order valence-electron chi connectivity index (χ1n) is 7.39. The Morgan fingerprint density at radius 1 is 1.41 bits per heavy atom. The molecule has 0 spiro atoms. The van der Waals surface area contributed by atoms with Crippen LogP contribution in [0.5, 0.6) is 0 Å². The van der Waals surface area contributed by atoms with Crippen LogP contribution in [0.4, 0.5) is 0 Å². The number of hydrogen-bond acceptors (Lipinski definition) is 3. The molecule has 1 aromatic carbocycles. The van der Waals surface area contributed by atoms with Crippen molar-refractivity contribution < 1.29 is 14.0 Å². The van der Waals surface area contributed by atoms with Gasteiger partial charge in [-0.25, -0.2) is 0 Å². The number of rotatable bonds is 4. The molecule has 0 radical (unpaired) electrons. The Morgan fingerprint density at radius 3 is 3.00 bits per heavy atom. The first kappa shape index (κ1) is 14.4. The Hall–Kier alpha value is -2.56. The van der Waals surface area contributed by atoms with Gasteiger partial charge in [0.1, 0.15) is 5.58 Å². The third-order valence-corrected chi connectivity index (χ3v) is 3.98. The molecule has 0 aliphatic carbocycles. The van der Waals surface area contributed by atoms with Crippen molar-refractivity contribution in [2.24, 2.45) is 0 Å². The Labute approximate surface area is 128 Å². The van der Waals surface area contributed by atoms with E-state index in [1.165, 1.54) is 6.08 Å². The molecule has 0 unspecified atom stereocenters. The minimum atomic E-state index is -0.255. The summed E-state index contributed by atoms with van der Waals surface area (Å²) >= 11 is 0. The molecule has 5 heteroatoms. The van der Waals surface area contributed by atoms with Gasteiger partial charge in [-0.1, -0.05) is 24.8 Å². The molecule has 1 atom stereocenters. The standard InChI is InChI=1S/C17H18N2O3/c1-2-16(20)19-9-5-7-13(19)11-18-17(21)15-10-12-6-3-4-8-14(12)22-15/h2-4,6,8,10,13H,1,5,7,9,11H2,(H,18,21)/t13-/m1/s1. The molecule has 114 valence electrons. The average Bonchev–Trinajstić information content (AvgIpc) is 3.18. The summed E-state index contributed by atoms with van der Waals surface area (Å²) in [7, 11) is 0. The highest BCUT2D eigenvalue weighted by atomic mass is 16.3. The van der Waals surface area contributed by atoms with Crippen LogP contribution in [0, 0.1) is 0 Å². The lowest BCUT2D eigenvalue weighted by atomic mass is 10.2. The van der Waals surface area contributed by atoms with E-state index in [0.717, 1.165) is 24.8 Å². The number of amides is 2. The van der Waals surface area contributed by atoms with Crippen molar-refractivity contribution in [2.75, 3.05) is 13.1 Å². The van der Waals surface area contributed by atoms with Gasteiger partial charge in [-0.05, 0) is 31.1 Å². The molecule has 1 N–H and O–H groups in total. The molecular weight excluding hydrogens is 280 g/mol. The number of para-hydroxylation sites is 1. The van der Waals surface area contributed by atoms with Gasteiger partial charge in [-0.2, -0.15) is 0 Å². The Morgan fingerprint density at radius 2 is 2.23 bits per heavy atom. The third-order valence-electron chi connectivity index (χ3n) is 3.98. The fraction of sp³-hybridized carbons (Fsp3) is 0.294. The lowest BCUT2D eigenvalue weighted by Crippen LogP contribution is -2.42. The lowest BCUT2D eigenvalue weighted by molar-refractivity contribution is -0.126. The highest BCUT2D eigenvalue weighted by Crippen LogP contribution is 2.19. The van der Waals surface area contributed by atoms with Gasteiger partial charge in [0.25, 0.3) is 5.91 Å². The van der Waals surface area contributed by atoms with Crippen LogP contribution >= 0.6 is 0 Å². The largest absolute Gasteiger partial charge is 0.451 e. The summed E-state index contributed by atoms with van der Waals surface area (Å²) in [6.45, 7) is 4.66. The molecule has 22 heavy (non-hydrogen) atoms. The summed E-state index contributed by atoms with van der Waals surface area (Å²) in [6, 6.07) is 9.25. The molecule has 1 aliphatic heterocycles. The van der Waals surface area contributed by atoms with Crippen molar-refractivity contribution >= 4 is 22.8 Å². The van der Waals surface area contributed by atoms with E-state index in [1.807, 2.05) is 24.3 Å². The fourth-order valence-electron chi connectivity index (χ4n) is 2.85. The molecule has 1 saturated heterocycles. The van der Waals surface area contributed by atoms with Gasteiger partial charge in [0, 0.05) is 24.5 Å². The zero-order valence-corrected chi connectivity index (χ0v) is 12.2. The molecular formula is C17H18N2O3. The van der Waals surface area contributed by atoms with Crippen LogP contribution in [-0.2, 0) is 4.79 Å². The van der Waals surface area contributed by atoms with Crippen LogP contribution in [0.1, 0.15) is 23.4 Å². The van der Waals surface area contributed by atoms with Crippen molar-refractivity contribution in [3.63, 3.8) is 0 Å². The molecule has 2 aromatic rings. The second-order valence-corrected chi connectivity index (χ2v) is 5.39. The van der Waals surface area contributed by atoms with Crippen molar-refractivity contribution in [1.29, 1.82) is 0 Å². The van der Waals surface area contributed by atoms with Gasteiger partial charge in [-0.15, -0.1) is 0 Å². The van der Waals surface area contributed by atoms with Gasteiger partial charge >= 0.3 is 0 Å². The topological polar surface area (TPSA) is 62.6 Å². The SMILES string of the molecule is C=CC(=O)N1CCC[C@@H]1CNC(=O)c1cc2ccccc2o1. The van der Waals surface area contributed by atoms with E-state index in [1.54, 1.807) is 11.0 Å². The van der Waals surface area contributed by atoms with E-state index in [-0.39, 0.29) is 17.9 Å². The number of carbonyl (C=O) groups excluding carboxylic acids is 2. The quantitative estimate of drug-likeness (QED) is 0.881. The van der Waals surface area contributed by atoms with Crippen LogP contribution in [0.25, 0.3) is 11.0 Å². The Bertz CT molecular complexity index is 687. The van der Waals surface area contributed by atoms with Gasteiger partial charge in [-0.3, -0.25) is 9.59 Å². The lowest BCUT2D eigenvalue weighted by Gasteiger charge is -2.23. The minimum absolute atomic E-state index is 0.0267. The second-order valence-electron chi connectivity index (χ2n) is 5.39. The summed E-state index contributed by atoms with van der Waals surface area (Å²) in [5.41, 5.74) is 0.692. The van der Waals surface area contributed by atoms with Gasteiger partial charge in [0.2, 0.25) is 5.91 Å². The maximum atomic E-state index is 12.2. The van der Waals surface area contributed by atoms with E-state index in [9.17, 15) is 9.59 Å². The van der Waals surface area contributed by atoms with Crippen molar-refractivity contribution in [1.82, 2.24) is 10.2 Å². The number of furan rings is 1. The van der Waals surface area contributed by atoms with Crippen LogP contribution in [-0.4, -0.2) is 35.8 Å². The summed E-state index contributed by atoms with van der Waals surface area (Å²) < 4.78 is 5.53. The minimum Gasteiger partial charge on any atom is -0.451 e. The zero-order chi connectivity index (χ0) is 15.5. The average molecular weight is 298 g/mol. The summed E-state index contributed by atoms with van der Waals surface area (Å²) in [5, 5.41) is 3.75. The maximum Gasteiger partial charge on any atom is 0.287 e. The number of hydrogen-bond donors (Lipinski definition) is 1. The first-order chi connectivity index (χ1) is 10.7. The first-order valence-corrected chi connectivity index (χ1v) is 7.39. The van der Waals surface area contributed by atoms with Gasteiger partial charge in [0.15, 0.2) is 5.76 Å². The highest BCUT2D eigenvalue weighted by Gasteiger charge is 2.27. The van der Waals surface area contributed by atoms with Crippen LogP contribution < -0.4 is 5.32 Å². The molecule has 1 aliphatic rings. The van der Waals surface area contributed by atoms with E-state index in [2.05, 4.69) is 11.9 Å². The molecule has 3 rings (SSSR count). The maximum absolute atomic E-state index is 12.2. The Balaban J connectivity index is 1.64. The zero-order valence-electron chi connectivity index (χ0n) is 12.2. The van der Waals surface area contributed by atoms with Crippen molar-refractivity contribution in [3.05, 3.63) is 48.7 Å². The molecule has 5 nitrogen and oxygen atoms in total. The van der Waals surface area contributed by atoms with Gasteiger partial charge in [0.05, 0.1) is 0 Å². The van der Waals surface area contributed by atoms with Crippen LogP contribution in [0.15, 0.2) is 47.4 Å². The summed E-state index contributed by atoms with van der Waals surface area (Å²) in [4.78, 5) is 25.7. The number of likely N-dealkylation sites (tertiary alicyclic amines) is 1. The predicted octanol–water partition coefficient (Wildman–Crippen LogP) is 2.34. The van der Waals surface area contributed by atoms with Crippen LogP contribution in [0.3, 0.4) is 0 Å². The number of carbonyl (C=O) groups is 2. The molecule has 1 fully saturated rings. The van der Waals surface area contributed by atoms with E-state index in [4.69, 9.17) is 4.42 Å². The number of benzene rings is 1. The molecule has 0 saturated carbocycles. The summed E-state index contributed by atoms with van der Waals surface area (Å²) in [6.07, 6.45) is 3.16. The molecule has 2 amide bonds. The Kier molecular flexibility index (Phi) is 3.96. The number of fused-ring (bicyclic) bond motifs is 1. The molecule has 0 bridgehead atoms. The van der Waals surface area contributed by atoms with Gasteiger partial charge < -0.3 is 14.6 Å². The molecule has 1 aromatic heterocycles. The number of nitrogens with zero attached hydrogens (tertiary/aromatic N) is 1. The van der Waals surface area contributed by atoms with E-state index < -0.39 is 0 Å². The third kappa shape index (κ3) is 2.74. The van der Waals surface area contributed by atoms with Crippen molar-refractivity contribution in [2.45, 2.75) is 18.9 Å². The van der Waals surface area contributed by atoms with E-state index in [0.29, 0.717) is 17.9 Å². The second kappa shape index (κ2) is 6.05. The fourth-order valence-corrected chi connectivity index (χ4v) is 2.85. The predicted molar refractivity (Wildman–Crippen MR) is 83.5 cm³/mol. The van der Waals surface area contributed by atoms with Crippen molar-refractivity contribution in [3.8, 4) is 0 Å². The highest BCUT2D eigenvalue weighted by molar-refractivity contribution is 5.96. The smallest absolute Gasteiger partial charge is 0.287 e. The monoisotopic (exact) mass is 298 g/mol. The van der Waals surface area contributed by atoms with E-state index >= 15 is 0 Å². The molecule has 2 heterocycles. The number of nitrogens with one attached hydrogen (secondary N) is 1.